The van der Waals surface area contributed by atoms with Crippen molar-refractivity contribution < 1.29 is 4.79 Å². The van der Waals surface area contributed by atoms with Crippen molar-refractivity contribution in [1.29, 1.82) is 0 Å². The van der Waals surface area contributed by atoms with Gasteiger partial charge in [0.2, 0.25) is 5.91 Å². The molecule has 1 fully saturated rings. The first-order valence-electron chi connectivity index (χ1n) is 7.61. The highest BCUT2D eigenvalue weighted by Gasteiger charge is 2.15. The zero-order chi connectivity index (χ0) is 14.4. The van der Waals surface area contributed by atoms with Crippen molar-refractivity contribution in [3.05, 3.63) is 11.1 Å². The van der Waals surface area contributed by atoms with Crippen molar-refractivity contribution in [3.8, 4) is 0 Å². The Labute approximate surface area is 125 Å². The smallest absolute Gasteiger partial charge is 0.226 e. The second kappa shape index (κ2) is 7.74. The van der Waals surface area contributed by atoms with Crippen molar-refractivity contribution in [2.75, 3.05) is 12.4 Å². The van der Waals surface area contributed by atoms with E-state index in [1.54, 1.807) is 0 Å². The summed E-state index contributed by atoms with van der Waals surface area (Å²) in [7, 11) is 1.91. The number of nitrogens with one attached hydrogen (secondary N) is 2. The Morgan fingerprint density at radius 3 is 2.90 bits per heavy atom. The van der Waals surface area contributed by atoms with Crippen LogP contribution in [-0.4, -0.2) is 17.9 Å². The Morgan fingerprint density at radius 1 is 1.45 bits per heavy atom. The van der Waals surface area contributed by atoms with E-state index in [4.69, 9.17) is 0 Å². The van der Waals surface area contributed by atoms with E-state index in [0.717, 1.165) is 23.2 Å². The normalized spacial score (nSPS) is 17.9. The molecular weight excluding hydrogens is 270 g/mol. The summed E-state index contributed by atoms with van der Waals surface area (Å²) >= 11 is 1.50. The highest BCUT2D eigenvalue weighted by molar-refractivity contribution is 7.13. The number of hydrogen-bond donors (Lipinski definition) is 2. The average molecular weight is 295 g/mol. The number of nitrogens with zero attached hydrogens (tertiary/aromatic N) is 1. The van der Waals surface area contributed by atoms with Gasteiger partial charge in [-0.25, -0.2) is 4.98 Å². The number of amides is 1. The largest absolute Gasteiger partial charge is 0.312 e. The van der Waals surface area contributed by atoms with Gasteiger partial charge in [0.15, 0.2) is 5.13 Å². The molecule has 0 aromatic carbocycles. The van der Waals surface area contributed by atoms with Crippen molar-refractivity contribution in [1.82, 2.24) is 10.3 Å². The first-order valence-corrected chi connectivity index (χ1v) is 8.49. The Bertz CT molecular complexity index is 427. The summed E-state index contributed by atoms with van der Waals surface area (Å²) < 4.78 is 0. The van der Waals surface area contributed by atoms with Crippen molar-refractivity contribution in [2.45, 2.75) is 57.9 Å². The molecule has 5 heteroatoms. The lowest BCUT2D eigenvalue weighted by Crippen LogP contribution is -2.15. The fraction of sp³-hybridized carbons (Fsp3) is 0.733. The van der Waals surface area contributed by atoms with Gasteiger partial charge in [0.25, 0.3) is 0 Å². The molecule has 0 bridgehead atoms. The standard InChI is InChI=1S/C15H25N3OS/c1-11(16-2)13-10-20-15(17-13)18-14(19)9-8-12-6-4-3-5-7-12/h10-12,16H,3-9H2,1-2H3,(H,17,18,19). The maximum Gasteiger partial charge on any atom is 0.226 e. The van der Waals surface area contributed by atoms with Gasteiger partial charge in [-0.05, 0) is 26.3 Å². The third-order valence-corrected chi connectivity index (χ3v) is 4.93. The molecule has 1 atom stereocenters. The van der Waals surface area contributed by atoms with Crippen LogP contribution in [0.2, 0.25) is 0 Å². The summed E-state index contributed by atoms with van der Waals surface area (Å²) in [6.07, 6.45) is 8.29. The molecule has 1 heterocycles. The molecule has 0 radical (unpaired) electrons. The molecule has 1 aliphatic rings. The minimum atomic E-state index is 0.105. The summed E-state index contributed by atoms with van der Waals surface area (Å²) in [4.78, 5) is 16.4. The van der Waals surface area contributed by atoms with E-state index in [-0.39, 0.29) is 11.9 Å². The highest BCUT2D eigenvalue weighted by Crippen LogP contribution is 2.27. The van der Waals surface area contributed by atoms with Crippen molar-refractivity contribution in [3.63, 3.8) is 0 Å². The summed E-state index contributed by atoms with van der Waals surface area (Å²) in [6, 6.07) is 0.221. The van der Waals surface area contributed by atoms with E-state index in [1.807, 2.05) is 12.4 Å². The van der Waals surface area contributed by atoms with Crippen LogP contribution in [0.25, 0.3) is 0 Å². The number of carbonyl (C=O) groups is 1. The predicted molar refractivity (Wildman–Crippen MR) is 84.0 cm³/mol. The summed E-state index contributed by atoms with van der Waals surface area (Å²) in [6.45, 7) is 2.06. The third kappa shape index (κ3) is 4.56. The summed E-state index contributed by atoms with van der Waals surface area (Å²) in [5.74, 6) is 0.860. The molecule has 4 nitrogen and oxygen atoms in total. The number of aromatic nitrogens is 1. The fourth-order valence-corrected chi connectivity index (χ4v) is 3.50. The average Bonchev–Trinajstić information content (AvgIpc) is 2.94. The molecule has 1 unspecified atom stereocenters. The van der Waals surface area contributed by atoms with Gasteiger partial charge in [0.1, 0.15) is 0 Å². The monoisotopic (exact) mass is 295 g/mol. The molecule has 2 rings (SSSR count). The minimum Gasteiger partial charge on any atom is -0.312 e. The van der Waals surface area contributed by atoms with E-state index in [0.29, 0.717) is 6.42 Å². The fourth-order valence-electron chi connectivity index (χ4n) is 2.68. The topological polar surface area (TPSA) is 54.0 Å². The van der Waals surface area contributed by atoms with Gasteiger partial charge < -0.3 is 10.6 Å². The molecule has 1 amide bonds. The van der Waals surface area contributed by atoms with Gasteiger partial charge in [-0.15, -0.1) is 11.3 Å². The van der Waals surface area contributed by atoms with Gasteiger partial charge in [-0.2, -0.15) is 0 Å². The van der Waals surface area contributed by atoms with Crippen LogP contribution in [0.5, 0.6) is 0 Å². The van der Waals surface area contributed by atoms with Gasteiger partial charge in [-0.1, -0.05) is 32.1 Å². The SMILES string of the molecule is CNC(C)c1csc(NC(=O)CCC2CCCCC2)n1. The number of thiazole rings is 1. The van der Waals surface area contributed by atoms with Crippen LogP contribution >= 0.6 is 11.3 Å². The van der Waals surface area contributed by atoms with Crippen molar-refractivity contribution >= 4 is 22.4 Å². The number of rotatable bonds is 6. The molecule has 0 spiro atoms. The Balaban J connectivity index is 1.74. The lowest BCUT2D eigenvalue weighted by molar-refractivity contribution is -0.116. The predicted octanol–water partition coefficient (Wildman–Crippen LogP) is 3.72. The van der Waals surface area contributed by atoms with E-state index in [9.17, 15) is 4.79 Å². The van der Waals surface area contributed by atoms with Crippen LogP contribution in [0.15, 0.2) is 5.38 Å². The molecule has 1 aromatic rings. The lowest BCUT2D eigenvalue weighted by Gasteiger charge is -2.20. The quantitative estimate of drug-likeness (QED) is 0.841. The maximum atomic E-state index is 11.9. The second-order valence-corrected chi connectivity index (χ2v) is 6.54. The van der Waals surface area contributed by atoms with E-state index < -0.39 is 0 Å². The molecule has 112 valence electrons. The van der Waals surface area contributed by atoms with Gasteiger partial charge in [0, 0.05) is 17.8 Å². The van der Waals surface area contributed by atoms with E-state index in [1.165, 1.54) is 43.4 Å². The van der Waals surface area contributed by atoms with Gasteiger partial charge in [-0.3, -0.25) is 4.79 Å². The molecule has 0 saturated heterocycles. The van der Waals surface area contributed by atoms with Gasteiger partial charge >= 0.3 is 0 Å². The molecular formula is C15H25N3OS. The molecule has 2 N–H and O–H groups in total. The third-order valence-electron chi connectivity index (χ3n) is 4.15. The molecule has 1 aromatic heterocycles. The molecule has 1 aliphatic carbocycles. The zero-order valence-corrected chi connectivity index (χ0v) is 13.3. The summed E-state index contributed by atoms with van der Waals surface area (Å²) in [5.41, 5.74) is 0.986. The highest BCUT2D eigenvalue weighted by atomic mass is 32.1. The second-order valence-electron chi connectivity index (χ2n) is 5.68. The van der Waals surface area contributed by atoms with Crippen LogP contribution in [0.3, 0.4) is 0 Å². The van der Waals surface area contributed by atoms with Crippen LogP contribution in [0.4, 0.5) is 5.13 Å². The van der Waals surface area contributed by atoms with E-state index in [2.05, 4.69) is 22.5 Å². The first-order chi connectivity index (χ1) is 9.69. The minimum absolute atomic E-state index is 0.105. The number of anilines is 1. The molecule has 0 aliphatic heterocycles. The molecule has 20 heavy (non-hydrogen) atoms. The van der Waals surface area contributed by atoms with Gasteiger partial charge in [0.05, 0.1) is 5.69 Å². The van der Waals surface area contributed by atoms with Crippen LogP contribution in [0.1, 0.15) is 63.6 Å². The maximum absolute atomic E-state index is 11.9. The Morgan fingerprint density at radius 2 is 2.20 bits per heavy atom. The molecule has 1 saturated carbocycles. The number of carbonyl (C=O) groups excluding carboxylic acids is 1. The van der Waals surface area contributed by atoms with Crippen LogP contribution < -0.4 is 10.6 Å². The lowest BCUT2D eigenvalue weighted by atomic mass is 9.86. The Hall–Kier alpha value is -0.940. The number of hydrogen-bond acceptors (Lipinski definition) is 4. The summed E-state index contributed by atoms with van der Waals surface area (Å²) in [5, 5.41) is 8.79. The first kappa shape index (κ1) is 15.4. The van der Waals surface area contributed by atoms with Crippen LogP contribution in [-0.2, 0) is 4.79 Å². The Kier molecular flexibility index (Phi) is 5.98. The van der Waals surface area contributed by atoms with E-state index >= 15 is 0 Å². The zero-order valence-electron chi connectivity index (χ0n) is 12.4. The van der Waals surface area contributed by atoms with Crippen molar-refractivity contribution in [2.24, 2.45) is 5.92 Å². The van der Waals surface area contributed by atoms with Crippen LogP contribution in [0, 0.1) is 5.92 Å².